The Morgan fingerprint density at radius 3 is 2.64 bits per heavy atom. The van der Waals surface area contributed by atoms with Gasteiger partial charge in [-0.25, -0.2) is 18.3 Å². The molecule has 1 unspecified atom stereocenters. The van der Waals surface area contributed by atoms with Crippen molar-refractivity contribution in [2.24, 2.45) is 0 Å². The normalized spacial score (nSPS) is 27.6. The average molecular weight is 487 g/mol. The summed E-state index contributed by atoms with van der Waals surface area (Å²) in [5.74, 6) is -1.25. The number of carbonyl (C=O) groups is 1. The maximum atomic E-state index is 15.3. The van der Waals surface area contributed by atoms with Crippen LogP contribution in [0, 0.1) is 0 Å². The van der Waals surface area contributed by atoms with Crippen molar-refractivity contribution < 1.29 is 37.7 Å². The second kappa shape index (κ2) is 9.57. The van der Waals surface area contributed by atoms with Crippen LogP contribution >= 0.6 is 7.75 Å². The van der Waals surface area contributed by atoms with Crippen LogP contribution in [0.4, 0.5) is 4.39 Å². The predicted octanol–water partition coefficient (Wildman–Crippen LogP) is 0.789. The molecule has 1 aliphatic heterocycles. The SMILES string of the molecule is C[C@H](NP(=O)(OC[C@H]1O[C@@H](n2c(=O)cc[nH]c2=O)[C@](C)(F)[C@@H]1O)Oc1ccccc1)C(=O)O. The number of carboxylic acids is 1. The van der Waals surface area contributed by atoms with Crippen molar-refractivity contribution >= 4 is 13.7 Å². The van der Waals surface area contributed by atoms with Crippen LogP contribution in [-0.2, 0) is 18.6 Å². The van der Waals surface area contributed by atoms with Gasteiger partial charge in [-0.1, -0.05) is 18.2 Å². The zero-order chi connectivity index (χ0) is 24.4. The molecule has 1 aromatic carbocycles. The summed E-state index contributed by atoms with van der Waals surface area (Å²) in [6.07, 6.45) is -4.10. The number of para-hydroxylation sites is 1. The van der Waals surface area contributed by atoms with Crippen LogP contribution in [0.25, 0.3) is 0 Å². The highest BCUT2D eigenvalue weighted by Gasteiger charge is 2.56. The van der Waals surface area contributed by atoms with E-state index in [2.05, 4.69) is 10.1 Å². The Morgan fingerprint density at radius 2 is 2.03 bits per heavy atom. The number of alkyl halides is 1. The van der Waals surface area contributed by atoms with E-state index >= 15 is 4.39 Å². The number of hydrogen-bond acceptors (Lipinski definition) is 8. The molecular weight excluding hydrogens is 464 g/mol. The van der Waals surface area contributed by atoms with Crippen LogP contribution in [0.3, 0.4) is 0 Å². The number of aliphatic hydroxyl groups excluding tert-OH is 1. The number of benzene rings is 1. The first kappa shape index (κ1) is 24.8. The van der Waals surface area contributed by atoms with E-state index < -0.39 is 61.7 Å². The van der Waals surface area contributed by atoms with Gasteiger partial charge in [0, 0.05) is 12.3 Å². The molecule has 0 aliphatic carbocycles. The predicted molar refractivity (Wildman–Crippen MR) is 112 cm³/mol. The lowest BCUT2D eigenvalue weighted by Crippen LogP contribution is -2.46. The molecular formula is C19H23FN3O9P. The largest absolute Gasteiger partial charge is 0.480 e. The first-order valence-electron chi connectivity index (χ1n) is 9.77. The highest BCUT2D eigenvalue weighted by Crippen LogP contribution is 2.47. The molecule has 1 aromatic heterocycles. The zero-order valence-corrected chi connectivity index (χ0v) is 18.5. The Labute approximate surface area is 186 Å². The van der Waals surface area contributed by atoms with E-state index in [-0.39, 0.29) is 5.75 Å². The van der Waals surface area contributed by atoms with E-state index in [1.165, 1.54) is 19.1 Å². The molecule has 180 valence electrons. The van der Waals surface area contributed by atoms with Gasteiger partial charge in [0.05, 0.1) is 6.61 Å². The van der Waals surface area contributed by atoms with Crippen molar-refractivity contribution in [2.75, 3.05) is 6.61 Å². The fourth-order valence-electron chi connectivity index (χ4n) is 3.16. The summed E-state index contributed by atoms with van der Waals surface area (Å²) >= 11 is 0. The lowest BCUT2D eigenvalue weighted by atomic mass is 9.98. The minimum Gasteiger partial charge on any atom is -0.480 e. The highest BCUT2D eigenvalue weighted by atomic mass is 31.2. The minimum absolute atomic E-state index is 0.0920. The fourth-order valence-corrected chi connectivity index (χ4v) is 4.66. The van der Waals surface area contributed by atoms with E-state index in [0.717, 1.165) is 19.2 Å². The minimum atomic E-state index is -4.36. The van der Waals surface area contributed by atoms with E-state index in [9.17, 15) is 24.1 Å². The van der Waals surface area contributed by atoms with Crippen LogP contribution < -0.4 is 20.9 Å². The standard InChI is InChI=1S/C19H23FN3O9P/c1-11(16(26)27)22-33(29,32-12-6-4-3-5-7-12)30-10-13-15(25)19(2,20)17(31-13)23-14(24)8-9-21-18(23)28/h3-9,11,13,15,17,25H,10H2,1-2H3,(H,21,28)(H,22,29)(H,26,27)/t11-,13+,15+,17+,19+,33?/m0/s1. The first-order valence-corrected chi connectivity index (χ1v) is 11.3. The molecule has 12 nitrogen and oxygen atoms in total. The molecule has 0 bridgehead atoms. The van der Waals surface area contributed by atoms with Crippen LogP contribution in [-0.4, -0.2) is 56.3 Å². The summed E-state index contributed by atoms with van der Waals surface area (Å²) in [5.41, 5.74) is -4.42. The first-order chi connectivity index (χ1) is 15.4. The smallest absolute Gasteiger partial charge is 0.459 e. The maximum absolute atomic E-state index is 15.3. The van der Waals surface area contributed by atoms with Crippen LogP contribution in [0.15, 0.2) is 52.2 Å². The van der Waals surface area contributed by atoms with Gasteiger partial charge < -0.3 is 24.5 Å². The van der Waals surface area contributed by atoms with Gasteiger partial charge in [0.15, 0.2) is 11.9 Å². The van der Waals surface area contributed by atoms with Crippen molar-refractivity contribution in [1.82, 2.24) is 14.6 Å². The summed E-state index contributed by atoms with van der Waals surface area (Å²) in [6.45, 7) is 1.42. The number of nitrogens with one attached hydrogen (secondary N) is 2. The summed E-state index contributed by atoms with van der Waals surface area (Å²) in [7, 11) is -4.36. The summed E-state index contributed by atoms with van der Waals surface area (Å²) in [4.78, 5) is 37.6. The lowest BCUT2D eigenvalue weighted by molar-refractivity contribution is -0.138. The molecule has 1 aliphatic rings. The number of halogens is 1. The van der Waals surface area contributed by atoms with Crippen LogP contribution in [0.1, 0.15) is 20.1 Å². The number of carboxylic acid groups (broad SMARTS) is 1. The van der Waals surface area contributed by atoms with Crippen LogP contribution in [0.2, 0.25) is 0 Å². The van der Waals surface area contributed by atoms with Gasteiger partial charge >= 0.3 is 19.4 Å². The molecule has 6 atom stereocenters. The third-order valence-corrected chi connectivity index (χ3v) is 6.58. The van der Waals surface area contributed by atoms with Gasteiger partial charge in [0.1, 0.15) is 24.0 Å². The number of H-pyrrole nitrogens is 1. The van der Waals surface area contributed by atoms with Crippen molar-refractivity contribution in [2.45, 2.75) is 44.0 Å². The fraction of sp³-hybridized carbons (Fsp3) is 0.421. The Kier molecular flexibility index (Phi) is 7.20. The Morgan fingerprint density at radius 1 is 1.36 bits per heavy atom. The molecule has 0 saturated carbocycles. The Bertz CT molecular complexity index is 1120. The number of aromatic amines is 1. The quantitative estimate of drug-likeness (QED) is 0.371. The summed E-state index contributed by atoms with van der Waals surface area (Å²) < 4.78 is 45.0. The van der Waals surface area contributed by atoms with E-state index in [4.69, 9.17) is 18.9 Å². The monoisotopic (exact) mass is 487 g/mol. The number of aromatic nitrogens is 2. The molecule has 0 radical (unpaired) electrons. The Balaban J connectivity index is 1.82. The van der Waals surface area contributed by atoms with Gasteiger partial charge in [-0.2, -0.15) is 5.09 Å². The molecule has 1 fully saturated rings. The molecule has 33 heavy (non-hydrogen) atoms. The van der Waals surface area contributed by atoms with Gasteiger partial charge in [0.25, 0.3) is 5.56 Å². The Hall–Kier alpha value is -2.83. The molecule has 4 N–H and O–H groups in total. The third kappa shape index (κ3) is 5.40. The number of hydrogen-bond donors (Lipinski definition) is 4. The highest BCUT2D eigenvalue weighted by molar-refractivity contribution is 7.52. The van der Waals surface area contributed by atoms with Crippen molar-refractivity contribution in [3.63, 3.8) is 0 Å². The summed E-state index contributed by atoms with van der Waals surface area (Å²) in [6, 6.07) is 7.37. The number of aliphatic hydroxyl groups is 1. The molecule has 14 heteroatoms. The van der Waals surface area contributed by atoms with Gasteiger partial charge in [-0.3, -0.25) is 14.1 Å². The van der Waals surface area contributed by atoms with E-state index in [1.54, 1.807) is 18.2 Å². The topological polar surface area (TPSA) is 169 Å². The van der Waals surface area contributed by atoms with Crippen molar-refractivity contribution in [3.8, 4) is 5.75 Å². The second-order valence-corrected chi connectivity index (χ2v) is 9.19. The van der Waals surface area contributed by atoms with Gasteiger partial charge in [-0.15, -0.1) is 0 Å². The van der Waals surface area contributed by atoms with Gasteiger partial charge in [-0.05, 0) is 26.0 Å². The molecule has 0 spiro atoms. The molecule has 1 saturated heterocycles. The molecule has 2 heterocycles. The second-order valence-electron chi connectivity index (χ2n) is 7.50. The number of ether oxygens (including phenoxy) is 1. The maximum Gasteiger partial charge on any atom is 0.459 e. The zero-order valence-electron chi connectivity index (χ0n) is 17.6. The molecule has 2 aromatic rings. The average Bonchev–Trinajstić information content (AvgIpc) is 2.96. The van der Waals surface area contributed by atoms with Crippen molar-refractivity contribution in [1.29, 1.82) is 0 Å². The van der Waals surface area contributed by atoms with E-state index in [0.29, 0.717) is 4.57 Å². The molecule has 0 amide bonds. The van der Waals surface area contributed by atoms with E-state index in [1.807, 2.05) is 0 Å². The van der Waals surface area contributed by atoms with Crippen molar-refractivity contribution in [3.05, 3.63) is 63.4 Å². The number of aliphatic carboxylic acids is 1. The number of rotatable bonds is 9. The van der Waals surface area contributed by atoms with Gasteiger partial charge in [0.2, 0.25) is 0 Å². The number of nitrogens with zero attached hydrogens (tertiary/aromatic N) is 1. The lowest BCUT2D eigenvalue weighted by Gasteiger charge is -2.25. The summed E-state index contributed by atoms with van der Waals surface area (Å²) in [5, 5.41) is 21.8. The van der Waals surface area contributed by atoms with Crippen LogP contribution in [0.5, 0.6) is 5.75 Å². The third-order valence-electron chi connectivity index (χ3n) is 4.94. The molecule has 3 rings (SSSR count).